The zero-order chi connectivity index (χ0) is 15.5. The van der Waals surface area contributed by atoms with Gasteiger partial charge in [0.15, 0.2) is 0 Å². The zero-order valence-electron chi connectivity index (χ0n) is 11.6. The van der Waals surface area contributed by atoms with Crippen molar-refractivity contribution in [3.8, 4) is 0 Å². The van der Waals surface area contributed by atoms with Crippen molar-refractivity contribution in [1.29, 1.82) is 0 Å². The van der Waals surface area contributed by atoms with E-state index >= 15 is 0 Å². The van der Waals surface area contributed by atoms with Crippen LogP contribution in [0.2, 0.25) is 0 Å². The van der Waals surface area contributed by atoms with Crippen molar-refractivity contribution < 1.29 is 13.2 Å². The van der Waals surface area contributed by atoms with Crippen molar-refractivity contribution in [2.24, 2.45) is 0 Å². The number of nitrogen functional groups attached to an aromatic ring is 1. The average molecular weight is 364 g/mol. The number of nitrogens with one attached hydrogen (secondary N) is 1. The molecule has 0 saturated carbocycles. The molecule has 0 radical (unpaired) electrons. The summed E-state index contributed by atoms with van der Waals surface area (Å²) in [5.41, 5.74) is 5.81. The van der Waals surface area contributed by atoms with Crippen LogP contribution in [-0.2, 0) is 14.8 Å². The number of carbonyl (C=O) groups is 1. The molecule has 1 atom stereocenters. The predicted molar refractivity (Wildman–Crippen MR) is 81.6 cm³/mol. The number of amides is 1. The van der Waals surface area contributed by atoms with Gasteiger partial charge in [0.2, 0.25) is 15.9 Å². The van der Waals surface area contributed by atoms with Gasteiger partial charge in [-0.3, -0.25) is 4.79 Å². The standard InChI is InChI=1S/C12H18BrN3O3S/c1-4-16(3)12(17)8(2)15-20(18,19)11-7-9(13)5-6-10(11)14/h5-8,15H,4,14H2,1-3H3. The minimum absolute atomic E-state index is 0.0503. The molecule has 0 heterocycles. The van der Waals surface area contributed by atoms with E-state index in [0.717, 1.165) is 0 Å². The van der Waals surface area contributed by atoms with Crippen molar-refractivity contribution in [2.45, 2.75) is 24.8 Å². The van der Waals surface area contributed by atoms with Crippen LogP contribution in [0.1, 0.15) is 13.8 Å². The molecule has 8 heteroatoms. The molecule has 3 N–H and O–H groups in total. The summed E-state index contributed by atoms with van der Waals surface area (Å²) in [6, 6.07) is 3.68. The highest BCUT2D eigenvalue weighted by Crippen LogP contribution is 2.23. The van der Waals surface area contributed by atoms with E-state index in [1.165, 1.54) is 24.0 Å². The maximum atomic E-state index is 12.2. The SMILES string of the molecule is CCN(C)C(=O)C(C)NS(=O)(=O)c1cc(Br)ccc1N. The summed E-state index contributed by atoms with van der Waals surface area (Å²) in [5.74, 6) is -0.301. The number of carbonyl (C=O) groups excluding carboxylic acids is 1. The van der Waals surface area contributed by atoms with Crippen LogP contribution in [0.25, 0.3) is 0 Å². The fourth-order valence-electron chi connectivity index (χ4n) is 1.57. The third-order valence-corrected chi connectivity index (χ3v) is 4.91. The minimum Gasteiger partial charge on any atom is -0.398 e. The Balaban J connectivity index is 3.01. The Kier molecular flexibility index (Phi) is 5.55. The van der Waals surface area contributed by atoms with Crippen LogP contribution in [0, 0.1) is 0 Å². The quantitative estimate of drug-likeness (QED) is 0.768. The molecule has 20 heavy (non-hydrogen) atoms. The Bertz CT molecular complexity index is 604. The van der Waals surface area contributed by atoms with Gasteiger partial charge in [-0.15, -0.1) is 0 Å². The number of sulfonamides is 1. The first-order chi connectivity index (χ1) is 9.19. The summed E-state index contributed by atoms with van der Waals surface area (Å²) in [5, 5.41) is 0. The van der Waals surface area contributed by atoms with Gasteiger partial charge < -0.3 is 10.6 Å². The van der Waals surface area contributed by atoms with Gasteiger partial charge in [-0.05, 0) is 32.0 Å². The number of nitrogens with zero attached hydrogens (tertiary/aromatic N) is 1. The molecule has 0 aromatic heterocycles. The number of likely N-dealkylation sites (N-methyl/N-ethyl adjacent to an activating group) is 1. The van der Waals surface area contributed by atoms with E-state index in [2.05, 4.69) is 20.7 Å². The monoisotopic (exact) mass is 363 g/mol. The third kappa shape index (κ3) is 3.94. The second kappa shape index (κ2) is 6.55. The lowest BCUT2D eigenvalue weighted by atomic mass is 10.3. The Labute approximate surface area is 127 Å². The van der Waals surface area contributed by atoms with Crippen LogP contribution in [0.4, 0.5) is 5.69 Å². The maximum absolute atomic E-state index is 12.2. The third-order valence-electron chi connectivity index (χ3n) is 2.82. The van der Waals surface area contributed by atoms with Gasteiger partial charge in [-0.1, -0.05) is 15.9 Å². The second-order valence-electron chi connectivity index (χ2n) is 4.38. The molecule has 0 fully saturated rings. The van der Waals surface area contributed by atoms with E-state index in [1.54, 1.807) is 13.1 Å². The molecular formula is C12H18BrN3O3S. The molecule has 0 saturated heterocycles. The molecule has 6 nitrogen and oxygen atoms in total. The van der Waals surface area contributed by atoms with Gasteiger partial charge in [-0.2, -0.15) is 4.72 Å². The molecule has 0 bridgehead atoms. The molecule has 0 aliphatic carbocycles. The molecular weight excluding hydrogens is 346 g/mol. The number of benzene rings is 1. The summed E-state index contributed by atoms with van der Waals surface area (Å²) in [6.45, 7) is 3.82. The highest BCUT2D eigenvalue weighted by molar-refractivity contribution is 9.10. The van der Waals surface area contributed by atoms with Crippen LogP contribution in [-0.4, -0.2) is 38.9 Å². The van der Waals surface area contributed by atoms with E-state index in [4.69, 9.17) is 5.73 Å². The summed E-state index contributed by atoms with van der Waals surface area (Å²) in [7, 11) is -2.24. The average Bonchev–Trinajstić information content (AvgIpc) is 2.39. The van der Waals surface area contributed by atoms with Crippen molar-refractivity contribution in [2.75, 3.05) is 19.3 Å². The van der Waals surface area contributed by atoms with Crippen LogP contribution >= 0.6 is 15.9 Å². The van der Waals surface area contributed by atoms with Crippen molar-refractivity contribution in [3.63, 3.8) is 0 Å². The number of hydrogen-bond donors (Lipinski definition) is 2. The van der Waals surface area contributed by atoms with Crippen LogP contribution in [0.3, 0.4) is 0 Å². The number of halogens is 1. The van der Waals surface area contributed by atoms with E-state index in [1.807, 2.05) is 6.92 Å². The molecule has 1 aromatic carbocycles. The molecule has 1 amide bonds. The molecule has 0 aliphatic rings. The van der Waals surface area contributed by atoms with Gasteiger partial charge >= 0.3 is 0 Å². The topological polar surface area (TPSA) is 92.5 Å². The van der Waals surface area contributed by atoms with E-state index in [9.17, 15) is 13.2 Å². The number of anilines is 1. The van der Waals surface area contributed by atoms with Crippen LogP contribution < -0.4 is 10.5 Å². The Morgan fingerprint density at radius 2 is 2.10 bits per heavy atom. The highest BCUT2D eigenvalue weighted by atomic mass is 79.9. The van der Waals surface area contributed by atoms with Gasteiger partial charge in [0, 0.05) is 18.1 Å². The fraction of sp³-hybridized carbons (Fsp3) is 0.417. The smallest absolute Gasteiger partial charge is 0.243 e. The first-order valence-electron chi connectivity index (χ1n) is 6.01. The number of hydrogen-bond acceptors (Lipinski definition) is 4. The number of nitrogens with two attached hydrogens (primary N) is 1. The summed E-state index contributed by atoms with van der Waals surface area (Å²) < 4.78 is 27.4. The van der Waals surface area contributed by atoms with Gasteiger partial charge in [0.1, 0.15) is 4.90 Å². The Hall–Kier alpha value is -1.12. The van der Waals surface area contributed by atoms with E-state index in [-0.39, 0.29) is 16.5 Å². The summed E-state index contributed by atoms with van der Waals surface area (Å²) in [4.78, 5) is 13.3. The van der Waals surface area contributed by atoms with E-state index < -0.39 is 16.1 Å². The van der Waals surface area contributed by atoms with Gasteiger partial charge in [0.25, 0.3) is 0 Å². The maximum Gasteiger partial charge on any atom is 0.243 e. The van der Waals surface area contributed by atoms with Crippen LogP contribution in [0.15, 0.2) is 27.6 Å². The first kappa shape index (κ1) is 16.9. The molecule has 1 unspecified atom stereocenters. The van der Waals surface area contributed by atoms with E-state index in [0.29, 0.717) is 11.0 Å². The largest absolute Gasteiger partial charge is 0.398 e. The molecule has 112 valence electrons. The van der Waals surface area contributed by atoms with Crippen molar-refractivity contribution in [3.05, 3.63) is 22.7 Å². The summed E-state index contributed by atoms with van der Waals surface area (Å²) >= 11 is 3.20. The first-order valence-corrected chi connectivity index (χ1v) is 8.29. The molecule has 0 spiro atoms. The molecule has 0 aliphatic heterocycles. The lowest BCUT2D eigenvalue weighted by Crippen LogP contribution is -2.45. The number of rotatable bonds is 5. The van der Waals surface area contributed by atoms with Gasteiger partial charge in [0.05, 0.1) is 11.7 Å². The Morgan fingerprint density at radius 3 is 2.65 bits per heavy atom. The zero-order valence-corrected chi connectivity index (χ0v) is 14.0. The second-order valence-corrected chi connectivity index (χ2v) is 6.98. The molecule has 1 rings (SSSR count). The summed E-state index contributed by atoms with van der Waals surface area (Å²) in [6.07, 6.45) is 0. The fourth-order valence-corrected chi connectivity index (χ4v) is 3.44. The predicted octanol–water partition coefficient (Wildman–Crippen LogP) is 1.18. The van der Waals surface area contributed by atoms with Crippen molar-refractivity contribution in [1.82, 2.24) is 9.62 Å². The minimum atomic E-state index is -3.85. The molecule has 1 aromatic rings. The highest BCUT2D eigenvalue weighted by Gasteiger charge is 2.25. The van der Waals surface area contributed by atoms with Crippen molar-refractivity contribution >= 4 is 37.5 Å². The lowest BCUT2D eigenvalue weighted by Gasteiger charge is -2.20. The van der Waals surface area contributed by atoms with Crippen LogP contribution in [0.5, 0.6) is 0 Å². The Morgan fingerprint density at radius 1 is 1.50 bits per heavy atom. The van der Waals surface area contributed by atoms with Gasteiger partial charge in [-0.25, -0.2) is 8.42 Å². The normalized spacial score (nSPS) is 13.0. The lowest BCUT2D eigenvalue weighted by molar-refractivity contribution is -0.131.